The Morgan fingerprint density at radius 1 is 1.60 bits per heavy atom. The van der Waals surface area contributed by atoms with Crippen molar-refractivity contribution in [3.05, 3.63) is 0 Å². The minimum Gasteiger partial charge on any atom is -0.480 e. The minimum absolute atomic E-state index is 0.283. The highest BCUT2D eigenvalue weighted by molar-refractivity contribution is 5.72. The molecule has 0 fully saturated rings. The van der Waals surface area contributed by atoms with E-state index in [-0.39, 0.29) is 6.04 Å². The smallest absolute Gasteiger partial charge is 0.320 e. The monoisotopic (exact) mass is 145 g/mol. The molecule has 2 atom stereocenters. The lowest BCUT2D eigenvalue weighted by molar-refractivity contribution is -0.139. The van der Waals surface area contributed by atoms with Gasteiger partial charge in [0, 0.05) is 6.04 Å². The van der Waals surface area contributed by atoms with Crippen molar-refractivity contribution in [1.82, 2.24) is 5.32 Å². The first kappa shape index (κ1) is 9.43. The van der Waals surface area contributed by atoms with Crippen molar-refractivity contribution in [3.8, 4) is 0 Å². The highest BCUT2D eigenvalue weighted by atomic mass is 16.4. The second kappa shape index (κ2) is 4.28. The Labute approximate surface area is 61.4 Å². The van der Waals surface area contributed by atoms with Crippen LogP contribution in [0.2, 0.25) is 0 Å². The van der Waals surface area contributed by atoms with Crippen LogP contribution in [0.1, 0.15) is 27.2 Å². The van der Waals surface area contributed by atoms with Gasteiger partial charge in [0.2, 0.25) is 0 Å². The maximum atomic E-state index is 10.3. The predicted molar refractivity (Wildman–Crippen MR) is 40.0 cm³/mol. The molecule has 0 rings (SSSR count). The molecule has 0 aliphatic carbocycles. The number of hydrogen-bond donors (Lipinski definition) is 2. The van der Waals surface area contributed by atoms with Gasteiger partial charge in [0.1, 0.15) is 6.04 Å². The summed E-state index contributed by atoms with van der Waals surface area (Å²) in [6, 6.07) is -0.152. The van der Waals surface area contributed by atoms with E-state index in [0.717, 1.165) is 6.42 Å². The third-order valence-electron chi connectivity index (χ3n) is 1.52. The third-order valence-corrected chi connectivity index (χ3v) is 1.52. The van der Waals surface area contributed by atoms with Gasteiger partial charge in [-0.05, 0) is 20.3 Å². The topological polar surface area (TPSA) is 49.3 Å². The quantitative estimate of drug-likeness (QED) is 0.616. The zero-order valence-electron chi connectivity index (χ0n) is 6.72. The van der Waals surface area contributed by atoms with E-state index in [4.69, 9.17) is 5.11 Å². The van der Waals surface area contributed by atoms with Crippen LogP contribution in [0.4, 0.5) is 0 Å². The molecule has 60 valence electrons. The molecule has 0 saturated heterocycles. The predicted octanol–water partition coefficient (Wildman–Crippen LogP) is 0.848. The molecule has 0 aromatic carbocycles. The fourth-order valence-electron chi connectivity index (χ4n) is 0.616. The number of carboxylic acids is 1. The van der Waals surface area contributed by atoms with Gasteiger partial charge in [-0.3, -0.25) is 4.79 Å². The van der Waals surface area contributed by atoms with Gasteiger partial charge in [-0.15, -0.1) is 0 Å². The summed E-state index contributed by atoms with van der Waals surface area (Å²) in [5.74, 6) is -0.791. The molecule has 10 heavy (non-hydrogen) atoms. The molecule has 0 heterocycles. The molecule has 0 amide bonds. The Morgan fingerprint density at radius 3 is 2.40 bits per heavy atom. The average Bonchev–Trinajstić information content (AvgIpc) is 1.87. The summed E-state index contributed by atoms with van der Waals surface area (Å²) in [7, 11) is 0. The van der Waals surface area contributed by atoms with Crippen molar-refractivity contribution in [3.63, 3.8) is 0 Å². The molecule has 0 radical (unpaired) electrons. The van der Waals surface area contributed by atoms with Crippen LogP contribution in [0.3, 0.4) is 0 Å². The molecule has 0 aliphatic heterocycles. The van der Waals surface area contributed by atoms with E-state index >= 15 is 0 Å². The standard InChI is InChI=1S/C7H15NO2/c1-4-5(2)8-6(3)7(9)10/h5-6,8H,4H2,1-3H3,(H,9,10)/t5?,6-/m0/s1. The van der Waals surface area contributed by atoms with Crippen molar-refractivity contribution < 1.29 is 9.90 Å². The minimum atomic E-state index is -0.791. The Kier molecular flexibility index (Phi) is 4.03. The van der Waals surface area contributed by atoms with E-state index in [0.29, 0.717) is 0 Å². The van der Waals surface area contributed by atoms with Crippen molar-refractivity contribution in [2.45, 2.75) is 39.3 Å². The summed E-state index contributed by atoms with van der Waals surface area (Å²) < 4.78 is 0. The molecule has 3 nitrogen and oxygen atoms in total. The Balaban J connectivity index is 3.56. The number of hydrogen-bond acceptors (Lipinski definition) is 2. The first-order chi connectivity index (χ1) is 4.57. The Hall–Kier alpha value is -0.570. The summed E-state index contributed by atoms with van der Waals surface area (Å²) >= 11 is 0. The van der Waals surface area contributed by atoms with E-state index in [1.165, 1.54) is 0 Å². The van der Waals surface area contributed by atoms with E-state index in [2.05, 4.69) is 5.32 Å². The fourth-order valence-corrected chi connectivity index (χ4v) is 0.616. The molecule has 2 N–H and O–H groups in total. The Bertz CT molecular complexity index is 114. The van der Waals surface area contributed by atoms with Crippen molar-refractivity contribution >= 4 is 5.97 Å². The van der Waals surface area contributed by atoms with Crippen LogP contribution in [0, 0.1) is 0 Å². The number of carbonyl (C=O) groups is 1. The summed E-state index contributed by atoms with van der Waals surface area (Å²) in [5.41, 5.74) is 0. The van der Waals surface area contributed by atoms with Gasteiger partial charge >= 0.3 is 5.97 Å². The first-order valence-corrected chi connectivity index (χ1v) is 3.56. The largest absolute Gasteiger partial charge is 0.480 e. The van der Waals surface area contributed by atoms with Gasteiger partial charge in [-0.25, -0.2) is 0 Å². The van der Waals surface area contributed by atoms with Crippen LogP contribution >= 0.6 is 0 Å². The van der Waals surface area contributed by atoms with Gasteiger partial charge in [0.05, 0.1) is 0 Å². The maximum Gasteiger partial charge on any atom is 0.320 e. The molecule has 1 unspecified atom stereocenters. The number of nitrogens with one attached hydrogen (secondary N) is 1. The van der Waals surface area contributed by atoms with Crippen molar-refractivity contribution in [2.24, 2.45) is 0 Å². The maximum absolute atomic E-state index is 10.3. The lowest BCUT2D eigenvalue weighted by atomic mass is 10.2. The zero-order chi connectivity index (χ0) is 8.15. The van der Waals surface area contributed by atoms with E-state index in [1.54, 1.807) is 6.92 Å². The average molecular weight is 145 g/mol. The van der Waals surface area contributed by atoms with Crippen LogP contribution in [-0.4, -0.2) is 23.2 Å². The van der Waals surface area contributed by atoms with Gasteiger partial charge in [0.15, 0.2) is 0 Å². The molecule has 0 bridgehead atoms. The van der Waals surface area contributed by atoms with Crippen LogP contribution in [-0.2, 0) is 4.79 Å². The van der Waals surface area contributed by atoms with Crippen LogP contribution < -0.4 is 5.32 Å². The van der Waals surface area contributed by atoms with E-state index in [1.807, 2.05) is 13.8 Å². The molecular weight excluding hydrogens is 130 g/mol. The highest BCUT2D eigenvalue weighted by Crippen LogP contribution is 1.91. The van der Waals surface area contributed by atoms with Crippen LogP contribution in [0.5, 0.6) is 0 Å². The lowest BCUT2D eigenvalue weighted by Gasteiger charge is -2.14. The number of rotatable bonds is 4. The van der Waals surface area contributed by atoms with Gasteiger partial charge in [-0.2, -0.15) is 0 Å². The lowest BCUT2D eigenvalue weighted by Crippen LogP contribution is -2.39. The van der Waals surface area contributed by atoms with Gasteiger partial charge in [-0.1, -0.05) is 6.92 Å². The SMILES string of the molecule is CCC(C)N[C@@H](C)C(=O)O. The Morgan fingerprint density at radius 2 is 2.10 bits per heavy atom. The summed E-state index contributed by atoms with van der Waals surface area (Å²) in [5, 5.41) is 11.4. The van der Waals surface area contributed by atoms with Gasteiger partial charge in [0.25, 0.3) is 0 Å². The molecule has 0 aliphatic rings. The van der Waals surface area contributed by atoms with Crippen molar-refractivity contribution in [2.75, 3.05) is 0 Å². The molecule has 3 heteroatoms. The molecule has 0 aromatic heterocycles. The number of aliphatic carboxylic acids is 1. The van der Waals surface area contributed by atoms with Crippen LogP contribution in [0.15, 0.2) is 0 Å². The second-order valence-electron chi connectivity index (χ2n) is 2.54. The summed E-state index contributed by atoms with van der Waals surface area (Å²) in [6.07, 6.45) is 0.956. The van der Waals surface area contributed by atoms with Crippen LogP contribution in [0.25, 0.3) is 0 Å². The summed E-state index contributed by atoms with van der Waals surface area (Å²) in [4.78, 5) is 10.3. The van der Waals surface area contributed by atoms with Gasteiger partial charge < -0.3 is 10.4 Å². The van der Waals surface area contributed by atoms with E-state index in [9.17, 15) is 4.79 Å². The molecule has 0 saturated carbocycles. The van der Waals surface area contributed by atoms with E-state index < -0.39 is 12.0 Å². The molecule has 0 aromatic rings. The highest BCUT2D eigenvalue weighted by Gasteiger charge is 2.11. The van der Waals surface area contributed by atoms with Crippen molar-refractivity contribution in [1.29, 1.82) is 0 Å². The molecular formula is C7H15NO2. The first-order valence-electron chi connectivity index (χ1n) is 3.56. The second-order valence-corrected chi connectivity index (χ2v) is 2.54. The fraction of sp³-hybridized carbons (Fsp3) is 0.857. The number of carboxylic acid groups (broad SMARTS) is 1. The summed E-state index contributed by atoms with van der Waals surface area (Å²) in [6.45, 7) is 5.64. The molecule has 0 spiro atoms. The zero-order valence-corrected chi connectivity index (χ0v) is 6.72. The third kappa shape index (κ3) is 3.45. The normalized spacial score (nSPS) is 16.3.